The maximum atomic E-state index is 12.7. The van der Waals surface area contributed by atoms with Crippen LogP contribution in [0.4, 0.5) is 0 Å². The summed E-state index contributed by atoms with van der Waals surface area (Å²) in [7, 11) is -3.41. The number of sulfone groups is 1. The molecular weight excluding hydrogens is 372 g/mol. The standard InChI is InChI=1S/C23H36O4S/c1-4-6-7-8-9-10-11-12-13-21(18-27-23(24)5-2)19-28(25,26)22-16-14-20(3)15-17-22/h5,14-17,21H,2,4,6-13,18-19H2,1,3H3. The van der Waals surface area contributed by atoms with E-state index in [0.717, 1.165) is 30.9 Å². The van der Waals surface area contributed by atoms with E-state index < -0.39 is 15.8 Å². The Morgan fingerprint density at radius 2 is 1.61 bits per heavy atom. The van der Waals surface area contributed by atoms with Crippen LogP contribution in [0, 0.1) is 12.8 Å². The van der Waals surface area contributed by atoms with Crippen LogP contribution >= 0.6 is 0 Å². The molecule has 0 radical (unpaired) electrons. The number of aryl methyl sites for hydroxylation is 1. The summed E-state index contributed by atoms with van der Waals surface area (Å²) in [5.41, 5.74) is 1.02. The highest BCUT2D eigenvalue weighted by molar-refractivity contribution is 7.91. The molecule has 0 aliphatic rings. The van der Waals surface area contributed by atoms with Crippen LogP contribution in [0.3, 0.4) is 0 Å². The van der Waals surface area contributed by atoms with Crippen LogP contribution in [0.25, 0.3) is 0 Å². The van der Waals surface area contributed by atoms with Crippen LogP contribution in [0.2, 0.25) is 0 Å². The molecular formula is C23H36O4S. The zero-order valence-corrected chi connectivity index (χ0v) is 18.3. The molecule has 1 aromatic rings. The lowest BCUT2D eigenvalue weighted by Gasteiger charge is -2.17. The third-order valence-corrected chi connectivity index (χ3v) is 6.83. The summed E-state index contributed by atoms with van der Waals surface area (Å²) < 4.78 is 30.6. The number of ether oxygens (including phenoxy) is 1. The molecule has 0 heterocycles. The molecule has 0 N–H and O–H groups in total. The Bertz CT molecular complexity index is 677. The van der Waals surface area contributed by atoms with Crippen LogP contribution in [-0.2, 0) is 19.4 Å². The molecule has 158 valence electrons. The maximum absolute atomic E-state index is 12.7. The molecule has 5 heteroatoms. The van der Waals surface area contributed by atoms with Gasteiger partial charge in [0.25, 0.3) is 0 Å². The molecule has 0 aliphatic heterocycles. The van der Waals surface area contributed by atoms with Crippen LogP contribution in [0.5, 0.6) is 0 Å². The third-order valence-electron chi connectivity index (χ3n) is 4.93. The van der Waals surface area contributed by atoms with Crippen molar-refractivity contribution in [3.63, 3.8) is 0 Å². The lowest BCUT2D eigenvalue weighted by Crippen LogP contribution is -2.22. The van der Waals surface area contributed by atoms with Gasteiger partial charge < -0.3 is 4.74 Å². The molecule has 1 atom stereocenters. The predicted octanol–water partition coefficient (Wildman–Crippen LogP) is 5.64. The Morgan fingerprint density at radius 1 is 1.04 bits per heavy atom. The van der Waals surface area contributed by atoms with Crippen molar-refractivity contribution < 1.29 is 17.9 Å². The molecule has 0 aliphatic carbocycles. The smallest absolute Gasteiger partial charge is 0.330 e. The van der Waals surface area contributed by atoms with E-state index in [-0.39, 0.29) is 18.3 Å². The molecule has 0 bridgehead atoms. The van der Waals surface area contributed by atoms with Crippen LogP contribution < -0.4 is 0 Å². The van der Waals surface area contributed by atoms with Crippen molar-refractivity contribution in [2.24, 2.45) is 5.92 Å². The van der Waals surface area contributed by atoms with E-state index in [4.69, 9.17) is 4.74 Å². The number of unbranched alkanes of at least 4 members (excludes halogenated alkanes) is 7. The Balaban J connectivity index is 2.55. The number of benzene rings is 1. The highest BCUT2D eigenvalue weighted by Crippen LogP contribution is 2.20. The van der Waals surface area contributed by atoms with Crippen molar-refractivity contribution >= 4 is 15.8 Å². The topological polar surface area (TPSA) is 60.4 Å². The third kappa shape index (κ3) is 10.1. The van der Waals surface area contributed by atoms with E-state index in [2.05, 4.69) is 13.5 Å². The molecule has 4 nitrogen and oxygen atoms in total. The summed E-state index contributed by atoms with van der Waals surface area (Å²) in [5, 5.41) is 0. The largest absolute Gasteiger partial charge is 0.462 e. The number of carbonyl (C=O) groups is 1. The Hall–Kier alpha value is -1.62. The van der Waals surface area contributed by atoms with Gasteiger partial charge in [0.15, 0.2) is 9.84 Å². The molecule has 0 spiro atoms. The van der Waals surface area contributed by atoms with E-state index in [1.165, 1.54) is 38.5 Å². The quantitative estimate of drug-likeness (QED) is 0.214. The van der Waals surface area contributed by atoms with Crippen molar-refractivity contribution in [1.82, 2.24) is 0 Å². The van der Waals surface area contributed by atoms with Gasteiger partial charge >= 0.3 is 5.97 Å². The van der Waals surface area contributed by atoms with Crippen molar-refractivity contribution in [3.05, 3.63) is 42.5 Å². The second-order valence-corrected chi connectivity index (χ2v) is 9.59. The normalized spacial score (nSPS) is 12.5. The summed E-state index contributed by atoms with van der Waals surface area (Å²) >= 11 is 0. The van der Waals surface area contributed by atoms with Gasteiger partial charge in [0, 0.05) is 12.0 Å². The number of rotatable bonds is 15. The molecule has 0 aromatic heterocycles. The average molecular weight is 409 g/mol. The first kappa shape index (κ1) is 24.4. The first-order valence-corrected chi connectivity index (χ1v) is 12.1. The second-order valence-electron chi connectivity index (χ2n) is 7.56. The molecule has 0 amide bonds. The highest BCUT2D eigenvalue weighted by atomic mass is 32.2. The molecule has 0 saturated heterocycles. The molecule has 28 heavy (non-hydrogen) atoms. The summed E-state index contributed by atoms with van der Waals surface area (Å²) in [6.07, 6.45) is 11.4. The van der Waals surface area contributed by atoms with Gasteiger partial charge in [-0.2, -0.15) is 0 Å². The number of hydrogen-bond acceptors (Lipinski definition) is 4. The molecule has 1 rings (SSSR count). The summed E-state index contributed by atoms with van der Waals surface area (Å²) in [6, 6.07) is 6.90. The molecule has 1 aromatic carbocycles. The predicted molar refractivity (Wildman–Crippen MR) is 115 cm³/mol. The fourth-order valence-electron chi connectivity index (χ4n) is 3.19. The van der Waals surface area contributed by atoms with Crippen LogP contribution in [0.15, 0.2) is 41.8 Å². The minimum Gasteiger partial charge on any atom is -0.462 e. The van der Waals surface area contributed by atoms with Gasteiger partial charge in [0.2, 0.25) is 0 Å². The van der Waals surface area contributed by atoms with Gasteiger partial charge in [0.05, 0.1) is 17.3 Å². The van der Waals surface area contributed by atoms with E-state index in [9.17, 15) is 13.2 Å². The minimum absolute atomic E-state index is 0.00299. The summed E-state index contributed by atoms with van der Waals surface area (Å²) in [5.74, 6) is -0.708. The molecule has 0 fully saturated rings. The van der Waals surface area contributed by atoms with Crippen LogP contribution in [0.1, 0.15) is 70.3 Å². The van der Waals surface area contributed by atoms with E-state index >= 15 is 0 Å². The highest BCUT2D eigenvalue weighted by Gasteiger charge is 2.22. The van der Waals surface area contributed by atoms with Crippen molar-refractivity contribution in [1.29, 1.82) is 0 Å². The zero-order valence-electron chi connectivity index (χ0n) is 17.5. The van der Waals surface area contributed by atoms with Gasteiger partial charge in [-0.05, 0) is 25.5 Å². The number of esters is 1. The fraction of sp³-hybridized carbons (Fsp3) is 0.609. The molecule has 0 saturated carbocycles. The molecule has 1 unspecified atom stereocenters. The van der Waals surface area contributed by atoms with E-state index in [0.29, 0.717) is 4.90 Å². The number of carbonyl (C=O) groups excluding carboxylic acids is 1. The van der Waals surface area contributed by atoms with Crippen molar-refractivity contribution in [2.75, 3.05) is 12.4 Å². The van der Waals surface area contributed by atoms with Gasteiger partial charge in [-0.25, -0.2) is 13.2 Å². The Labute approximate surface area is 171 Å². The van der Waals surface area contributed by atoms with Crippen molar-refractivity contribution in [2.45, 2.75) is 76.5 Å². The lowest BCUT2D eigenvalue weighted by molar-refractivity contribution is -0.138. The Morgan fingerprint density at radius 3 is 2.18 bits per heavy atom. The van der Waals surface area contributed by atoms with Crippen LogP contribution in [-0.4, -0.2) is 26.7 Å². The van der Waals surface area contributed by atoms with E-state index in [1.807, 2.05) is 6.92 Å². The van der Waals surface area contributed by atoms with Gasteiger partial charge in [-0.15, -0.1) is 0 Å². The monoisotopic (exact) mass is 408 g/mol. The van der Waals surface area contributed by atoms with Gasteiger partial charge in [-0.1, -0.05) is 82.6 Å². The SMILES string of the molecule is C=CC(=O)OCC(CCCCCCCCCC)CS(=O)(=O)c1ccc(C)cc1. The number of hydrogen-bond donors (Lipinski definition) is 0. The minimum atomic E-state index is -3.41. The van der Waals surface area contributed by atoms with Gasteiger partial charge in [-0.3, -0.25) is 0 Å². The second kappa shape index (κ2) is 13.5. The van der Waals surface area contributed by atoms with E-state index in [1.54, 1.807) is 24.3 Å². The summed E-state index contributed by atoms with van der Waals surface area (Å²) in [4.78, 5) is 11.7. The zero-order chi connectivity index (χ0) is 20.8. The first-order chi connectivity index (χ1) is 13.4. The summed E-state index contributed by atoms with van der Waals surface area (Å²) in [6.45, 7) is 7.65. The lowest BCUT2D eigenvalue weighted by atomic mass is 10.0. The fourth-order valence-corrected chi connectivity index (χ4v) is 4.82. The van der Waals surface area contributed by atoms with Crippen molar-refractivity contribution in [3.8, 4) is 0 Å². The van der Waals surface area contributed by atoms with Gasteiger partial charge in [0.1, 0.15) is 0 Å². The average Bonchev–Trinajstić information content (AvgIpc) is 2.67. The maximum Gasteiger partial charge on any atom is 0.330 e. The Kier molecular flexibility index (Phi) is 11.8. The first-order valence-electron chi connectivity index (χ1n) is 10.5.